The number of anilines is 1. The van der Waals surface area contributed by atoms with Gasteiger partial charge in [-0.3, -0.25) is 5.10 Å². The second-order valence-corrected chi connectivity index (χ2v) is 4.98. The standard InChI is InChI=1S/C15H21N5O2/c1-4-12(9-22-3)17-15(21)18-13-7-5-11(6-8-13)14-16-10(2)19-20-14/h5-8,12H,4,9H2,1-3H3,(H,16,19,20)(H2,17,18,21)/t12-/m0/s1. The van der Waals surface area contributed by atoms with Crippen molar-refractivity contribution in [3.63, 3.8) is 0 Å². The van der Waals surface area contributed by atoms with Gasteiger partial charge in [0.15, 0.2) is 5.82 Å². The van der Waals surface area contributed by atoms with Gasteiger partial charge in [-0.1, -0.05) is 6.92 Å². The van der Waals surface area contributed by atoms with Gasteiger partial charge in [-0.15, -0.1) is 0 Å². The van der Waals surface area contributed by atoms with Gasteiger partial charge in [0, 0.05) is 18.4 Å². The van der Waals surface area contributed by atoms with E-state index in [0.717, 1.165) is 17.8 Å². The van der Waals surface area contributed by atoms with Crippen LogP contribution in [-0.4, -0.2) is 41.0 Å². The summed E-state index contributed by atoms with van der Waals surface area (Å²) in [5.74, 6) is 1.40. The van der Waals surface area contributed by atoms with E-state index in [4.69, 9.17) is 4.74 Å². The molecule has 0 aliphatic heterocycles. The lowest BCUT2D eigenvalue weighted by Gasteiger charge is -2.16. The van der Waals surface area contributed by atoms with Crippen LogP contribution in [0.15, 0.2) is 24.3 Å². The molecular formula is C15H21N5O2. The number of ether oxygens (including phenoxy) is 1. The number of aromatic amines is 1. The molecule has 0 fully saturated rings. The third kappa shape index (κ3) is 4.29. The molecule has 0 aliphatic rings. The van der Waals surface area contributed by atoms with Gasteiger partial charge < -0.3 is 15.4 Å². The number of nitrogens with one attached hydrogen (secondary N) is 3. The van der Waals surface area contributed by atoms with E-state index >= 15 is 0 Å². The van der Waals surface area contributed by atoms with E-state index in [1.807, 2.05) is 38.1 Å². The summed E-state index contributed by atoms with van der Waals surface area (Å²) in [6, 6.07) is 7.12. The van der Waals surface area contributed by atoms with E-state index < -0.39 is 0 Å². The molecule has 1 atom stereocenters. The van der Waals surface area contributed by atoms with Gasteiger partial charge in [0.05, 0.1) is 12.6 Å². The molecule has 0 saturated carbocycles. The molecule has 22 heavy (non-hydrogen) atoms. The monoisotopic (exact) mass is 303 g/mol. The first-order valence-corrected chi connectivity index (χ1v) is 7.18. The van der Waals surface area contributed by atoms with Gasteiger partial charge in [0.1, 0.15) is 5.82 Å². The average Bonchev–Trinajstić information content (AvgIpc) is 2.94. The molecule has 0 unspecified atom stereocenters. The van der Waals surface area contributed by atoms with Crippen LogP contribution in [0.1, 0.15) is 19.2 Å². The maximum Gasteiger partial charge on any atom is 0.319 e. The van der Waals surface area contributed by atoms with Crippen molar-refractivity contribution in [1.29, 1.82) is 0 Å². The Labute approximate surface area is 129 Å². The van der Waals surface area contributed by atoms with Gasteiger partial charge >= 0.3 is 6.03 Å². The third-order valence-corrected chi connectivity index (χ3v) is 3.19. The van der Waals surface area contributed by atoms with Crippen molar-refractivity contribution in [3.05, 3.63) is 30.1 Å². The minimum atomic E-state index is -0.245. The molecule has 2 aromatic rings. The van der Waals surface area contributed by atoms with Crippen LogP contribution in [0.25, 0.3) is 11.4 Å². The van der Waals surface area contributed by atoms with Crippen molar-refractivity contribution < 1.29 is 9.53 Å². The summed E-state index contributed by atoms with van der Waals surface area (Å²) in [6.45, 7) is 4.34. The smallest absolute Gasteiger partial charge is 0.319 e. The van der Waals surface area contributed by atoms with Crippen LogP contribution in [0.5, 0.6) is 0 Å². The molecule has 118 valence electrons. The Morgan fingerprint density at radius 1 is 1.36 bits per heavy atom. The molecular weight excluding hydrogens is 282 g/mol. The van der Waals surface area contributed by atoms with Crippen molar-refractivity contribution in [3.8, 4) is 11.4 Å². The summed E-state index contributed by atoms with van der Waals surface area (Å²) in [7, 11) is 1.62. The summed E-state index contributed by atoms with van der Waals surface area (Å²) in [5, 5.41) is 12.6. The lowest BCUT2D eigenvalue weighted by molar-refractivity contribution is 0.165. The lowest BCUT2D eigenvalue weighted by atomic mass is 10.2. The molecule has 1 aromatic heterocycles. The van der Waals surface area contributed by atoms with Gasteiger partial charge in [-0.05, 0) is 37.6 Å². The molecule has 0 spiro atoms. The highest BCUT2D eigenvalue weighted by Gasteiger charge is 2.10. The van der Waals surface area contributed by atoms with Gasteiger partial charge in [-0.2, -0.15) is 5.10 Å². The number of aromatic nitrogens is 3. The first kappa shape index (κ1) is 16.0. The number of urea groups is 1. The molecule has 1 heterocycles. The fraction of sp³-hybridized carbons (Fsp3) is 0.400. The number of methoxy groups -OCH3 is 1. The number of hydrogen-bond acceptors (Lipinski definition) is 4. The highest BCUT2D eigenvalue weighted by atomic mass is 16.5. The molecule has 1 aromatic carbocycles. The Bertz CT molecular complexity index is 609. The Morgan fingerprint density at radius 2 is 2.09 bits per heavy atom. The van der Waals surface area contributed by atoms with E-state index in [0.29, 0.717) is 18.1 Å². The predicted molar refractivity (Wildman–Crippen MR) is 84.7 cm³/mol. The first-order chi connectivity index (χ1) is 10.6. The number of carbonyl (C=O) groups is 1. The summed E-state index contributed by atoms with van der Waals surface area (Å²) in [4.78, 5) is 16.2. The third-order valence-electron chi connectivity index (χ3n) is 3.19. The largest absolute Gasteiger partial charge is 0.383 e. The zero-order valence-electron chi connectivity index (χ0n) is 13.0. The molecule has 7 nitrogen and oxygen atoms in total. The minimum absolute atomic E-state index is 0.000467. The fourth-order valence-corrected chi connectivity index (χ4v) is 1.99. The maximum atomic E-state index is 11.9. The molecule has 2 rings (SSSR count). The lowest BCUT2D eigenvalue weighted by Crippen LogP contribution is -2.40. The zero-order chi connectivity index (χ0) is 15.9. The van der Waals surface area contributed by atoms with Crippen LogP contribution >= 0.6 is 0 Å². The molecule has 0 radical (unpaired) electrons. The molecule has 7 heteroatoms. The number of carbonyl (C=O) groups excluding carboxylic acids is 1. The van der Waals surface area contributed by atoms with Crippen LogP contribution < -0.4 is 10.6 Å². The Morgan fingerprint density at radius 3 is 2.64 bits per heavy atom. The van der Waals surface area contributed by atoms with E-state index in [2.05, 4.69) is 25.8 Å². The van der Waals surface area contributed by atoms with Crippen LogP contribution in [0.2, 0.25) is 0 Å². The summed E-state index contributed by atoms with van der Waals surface area (Å²) in [6.07, 6.45) is 0.810. The van der Waals surface area contributed by atoms with Crippen LogP contribution in [0.4, 0.5) is 10.5 Å². The number of amides is 2. The topological polar surface area (TPSA) is 91.9 Å². The second kappa shape index (κ2) is 7.56. The van der Waals surface area contributed by atoms with Crippen molar-refractivity contribution in [2.45, 2.75) is 26.3 Å². The van der Waals surface area contributed by atoms with Gasteiger partial charge in [0.2, 0.25) is 0 Å². The minimum Gasteiger partial charge on any atom is -0.383 e. The zero-order valence-corrected chi connectivity index (χ0v) is 13.0. The van der Waals surface area contributed by atoms with Crippen LogP contribution in [0, 0.1) is 6.92 Å². The van der Waals surface area contributed by atoms with Gasteiger partial charge in [0.25, 0.3) is 0 Å². The average molecular weight is 303 g/mol. The van der Waals surface area contributed by atoms with E-state index in [1.165, 1.54) is 0 Å². The number of aryl methyl sites for hydroxylation is 1. The molecule has 2 amide bonds. The fourth-order valence-electron chi connectivity index (χ4n) is 1.99. The van der Waals surface area contributed by atoms with Crippen molar-refractivity contribution in [2.24, 2.45) is 0 Å². The molecule has 0 aliphatic carbocycles. The van der Waals surface area contributed by atoms with Crippen LogP contribution in [-0.2, 0) is 4.74 Å². The van der Waals surface area contributed by atoms with Gasteiger partial charge in [-0.25, -0.2) is 9.78 Å². The SMILES string of the molecule is CC[C@@H](COC)NC(=O)Nc1ccc(-c2n[nH]c(C)n2)cc1. The summed E-state index contributed by atoms with van der Waals surface area (Å²) < 4.78 is 5.05. The highest BCUT2D eigenvalue weighted by Crippen LogP contribution is 2.17. The normalized spacial score (nSPS) is 12.0. The van der Waals surface area contributed by atoms with E-state index in [-0.39, 0.29) is 12.1 Å². The second-order valence-electron chi connectivity index (χ2n) is 4.98. The maximum absolute atomic E-state index is 11.9. The summed E-state index contributed by atoms with van der Waals surface area (Å²) >= 11 is 0. The number of nitrogens with zero attached hydrogens (tertiary/aromatic N) is 2. The Hall–Kier alpha value is -2.41. The first-order valence-electron chi connectivity index (χ1n) is 7.18. The predicted octanol–water partition coefficient (Wildman–Crippen LogP) is 2.33. The number of benzene rings is 1. The number of rotatable bonds is 6. The highest BCUT2D eigenvalue weighted by molar-refractivity contribution is 5.89. The quantitative estimate of drug-likeness (QED) is 0.763. The van der Waals surface area contributed by atoms with Crippen molar-refractivity contribution >= 4 is 11.7 Å². The van der Waals surface area contributed by atoms with Crippen molar-refractivity contribution in [1.82, 2.24) is 20.5 Å². The van der Waals surface area contributed by atoms with Crippen molar-refractivity contribution in [2.75, 3.05) is 19.0 Å². The van der Waals surface area contributed by atoms with E-state index in [9.17, 15) is 4.79 Å². The molecule has 3 N–H and O–H groups in total. The molecule has 0 saturated heterocycles. The van der Waals surface area contributed by atoms with Crippen LogP contribution in [0.3, 0.4) is 0 Å². The number of H-pyrrole nitrogens is 1. The van der Waals surface area contributed by atoms with E-state index in [1.54, 1.807) is 7.11 Å². The Balaban J connectivity index is 1.94. The number of hydrogen-bond donors (Lipinski definition) is 3. The molecule has 0 bridgehead atoms. The Kier molecular flexibility index (Phi) is 5.48. The summed E-state index contributed by atoms with van der Waals surface area (Å²) in [5.41, 5.74) is 1.60.